The van der Waals surface area contributed by atoms with E-state index in [0.29, 0.717) is 35.1 Å². The predicted molar refractivity (Wildman–Crippen MR) is 144 cm³/mol. The smallest absolute Gasteiger partial charge is 0.453 e. The Morgan fingerprint density at radius 1 is 1.10 bits per heavy atom. The van der Waals surface area contributed by atoms with E-state index in [2.05, 4.69) is 25.0 Å². The number of alkyl halides is 3. The summed E-state index contributed by atoms with van der Waals surface area (Å²) >= 11 is 5.89. The summed E-state index contributed by atoms with van der Waals surface area (Å²) < 4.78 is 60.5. The second-order valence-electron chi connectivity index (χ2n) is 11.1. The first kappa shape index (κ1) is 28.6. The molecule has 6 rings (SSSR count). The summed E-state index contributed by atoms with van der Waals surface area (Å²) in [6.45, 7) is 2.51. The molecule has 1 aromatic carbocycles. The van der Waals surface area contributed by atoms with Crippen molar-refractivity contribution < 1.29 is 27.1 Å². The summed E-state index contributed by atoms with van der Waals surface area (Å²) in [6, 6.07) is 4.45. The Morgan fingerprint density at radius 2 is 1.86 bits per heavy atom. The van der Waals surface area contributed by atoms with Gasteiger partial charge in [-0.15, -0.1) is 5.10 Å². The molecule has 14 heteroatoms. The Balaban J connectivity index is 0.929. The molecule has 2 fully saturated rings. The molecule has 2 aliphatic heterocycles. The van der Waals surface area contributed by atoms with E-state index in [4.69, 9.17) is 16.3 Å². The van der Waals surface area contributed by atoms with Crippen molar-refractivity contribution >= 4 is 23.5 Å². The van der Waals surface area contributed by atoms with E-state index in [-0.39, 0.29) is 37.4 Å². The summed E-state index contributed by atoms with van der Waals surface area (Å²) in [7, 11) is 0. The normalized spacial score (nSPS) is 20.9. The third-order valence-corrected chi connectivity index (χ3v) is 8.60. The van der Waals surface area contributed by atoms with Crippen LogP contribution in [0.25, 0.3) is 0 Å². The number of hydrogen-bond donors (Lipinski definition) is 0. The average molecular weight is 608 g/mol. The Morgan fingerprint density at radius 3 is 2.57 bits per heavy atom. The molecule has 4 heterocycles. The fourth-order valence-corrected chi connectivity index (χ4v) is 6.11. The molecule has 224 valence electrons. The van der Waals surface area contributed by atoms with Gasteiger partial charge in [0.05, 0.1) is 43.5 Å². The molecular weight excluding hydrogens is 578 g/mol. The van der Waals surface area contributed by atoms with Gasteiger partial charge in [-0.3, -0.25) is 4.79 Å². The number of benzene rings is 1. The molecule has 0 spiro atoms. The van der Waals surface area contributed by atoms with E-state index in [1.54, 1.807) is 18.5 Å². The van der Waals surface area contributed by atoms with E-state index in [0.717, 1.165) is 43.0 Å². The van der Waals surface area contributed by atoms with Crippen molar-refractivity contribution in [2.45, 2.75) is 51.4 Å². The molecule has 2 aromatic heterocycles. The second kappa shape index (κ2) is 11.7. The third kappa shape index (κ3) is 6.45. The molecule has 1 amide bonds. The minimum atomic E-state index is -4.65. The highest BCUT2D eigenvalue weighted by atomic mass is 35.5. The standard InChI is InChI=1S/C28H30ClF4N7O2/c29-20-14-34-27(35-15-20)38-6-3-17(4-7-38)22-11-18(22)5-10-42-21-2-1-19(23(30)13-21)12-25(41)39-8-9-40-24(16-39)36-26(37-40)28(31,32)33/h1-2,13-15,17-18,22H,3-12,16H2. The van der Waals surface area contributed by atoms with Crippen LogP contribution in [0.15, 0.2) is 30.6 Å². The van der Waals surface area contributed by atoms with Crippen LogP contribution < -0.4 is 9.64 Å². The van der Waals surface area contributed by atoms with Crippen molar-refractivity contribution in [2.75, 3.05) is 31.1 Å². The maximum absolute atomic E-state index is 14.8. The predicted octanol–water partition coefficient (Wildman–Crippen LogP) is 4.79. The minimum absolute atomic E-state index is 0.0574. The van der Waals surface area contributed by atoms with Gasteiger partial charge < -0.3 is 14.5 Å². The second-order valence-corrected chi connectivity index (χ2v) is 11.6. The van der Waals surface area contributed by atoms with Gasteiger partial charge in [0.25, 0.3) is 5.82 Å². The van der Waals surface area contributed by atoms with Crippen molar-refractivity contribution in [1.29, 1.82) is 0 Å². The van der Waals surface area contributed by atoms with Crippen LogP contribution >= 0.6 is 11.6 Å². The number of carbonyl (C=O) groups excluding carboxylic acids is 1. The SMILES string of the molecule is O=C(Cc1ccc(OCCC2CC2C2CCN(c3ncc(Cl)cn3)CC2)cc1F)N1CCn2nc(C(F)(F)F)nc2C1. The monoisotopic (exact) mass is 607 g/mol. The lowest BCUT2D eigenvalue weighted by Crippen LogP contribution is -2.39. The highest BCUT2D eigenvalue weighted by Crippen LogP contribution is 2.50. The van der Waals surface area contributed by atoms with Crippen LogP contribution in [0.4, 0.5) is 23.5 Å². The zero-order valence-electron chi connectivity index (χ0n) is 22.7. The van der Waals surface area contributed by atoms with E-state index in [1.165, 1.54) is 23.5 Å². The molecule has 42 heavy (non-hydrogen) atoms. The summed E-state index contributed by atoms with van der Waals surface area (Å²) in [5.41, 5.74) is 0.202. The minimum Gasteiger partial charge on any atom is -0.493 e. The van der Waals surface area contributed by atoms with Crippen molar-refractivity contribution in [3.63, 3.8) is 0 Å². The Kier molecular flexibility index (Phi) is 7.95. The summed E-state index contributed by atoms with van der Waals surface area (Å²) in [5, 5.41) is 3.99. The van der Waals surface area contributed by atoms with Crippen LogP contribution in [-0.4, -0.2) is 61.8 Å². The van der Waals surface area contributed by atoms with Crippen LogP contribution in [0.3, 0.4) is 0 Å². The van der Waals surface area contributed by atoms with Crippen LogP contribution in [-0.2, 0) is 30.5 Å². The molecule has 2 atom stereocenters. The topological polar surface area (TPSA) is 89.3 Å². The Hall–Kier alpha value is -3.48. The molecule has 1 saturated carbocycles. The number of halogens is 5. The maximum Gasteiger partial charge on any atom is 0.453 e. The van der Waals surface area contributed by atoms with Crippen LogP contribution in [0.1, 0.15) is 42.9 Å². The van der Waals surface area contributed by atoms with Crippen molar-refractivity contribution in [3.05, 3.63) is 58.6 Å². The third-order valence-electron chi connectivity index (χ3n) is 8.40. The zero-order chi connectivity index (χ0) is 29.4. The lowest BCUT2D eigenvalue weighted by Gasteiger charge is -2.32. The van der Waals surface area contributed by atoms with Crippen molar-refractivity contribution in [2.24, 2.45) is 17.8 Å². The Labute approximate surface area is 244 Å². The molecule has 0 N–H and O–H groups in total. The molecule has 2 unspecified atom stereocenters. The van der Waals surface area contributed by atoms with Gasteiger partial charge in [0.15, 0.2) is 0 Å². The van der Waals surface area contributed by atoms with Crippen LogP contribution in [0, 0.1) is 23.6 Å². The van der Waals surface area contributed by atoms with Gasteiger partial charge in [-0.1, -0.05) is 17.7 Å². The van der Waals surface area contributed by atoms with Crippen molar-refractivity contribution in [1.82, 2.24) is 29.6 Å². The molecule has 0 radical (unpaired) electrons. The number of carbonyl (C=O) groups is 1. The highest BCUT2D eigenvalue weighted by molar-refractivity contribution is 6.30. The number of anilines is 1. The van der Waals surface area contributed by atoms with Gasteiger partial charge in [-0.2, -0.15) is 13.2 Å². The summed E-state index contributed by atoms with van der Waals surface area (Å²) in [5.74, 6) is 0.990. The fraction of sp³-hybridized carbons (Fsp3) is 0.536. The van der Waals surface area contributed by atoms with Gasteiger partial charge in [-0.25, -0.2) is 24.0 Å². The molecule has 3 aromatic rings. The van der Waals surface area contributed by atoms with Gasteiger partial charge in [-0.05, 0) is 55.1 Å². The van der Waals surface area contributed by atoms with Gasteiger partial charge in [0.2, 0.25) is 11.9 Å². The molecular formula is C28H30ClF4N7O2. The number of piperidine rings is 1. The van der Waals surface area contributed by atoms with E-state index >= 15 is 0 Å². The lowest BCUT2D eigenvalue weighted by atomic mass is 9.90. The van der Waals surface area contributed by atoms with Gasteiger partial charge in [0.1, 0.15) is 17.4 Å². The molecule has 3 aliphatic rings. The molecule has 9 nitrogen and oxygen atoms in total. The number of fused-ring (bicyclic) bond motifs is 1. The van der Waals surface area contributed by atoms with E-state index in [1.807, 2.05) is 0 Å². The first-order valence-corrected chi connectivity index (χ1v) is 14.4. The van der Waals surface area contributed by atoms with Gasteiger partial charge >= 0.3 is 6.18 Å². The fourth-order valence-electron chi connectivity index (χ4n) is 6.01. The van der Waals surface area contributed by atoms with Crippen molar-refractivity contribution in [3.8, 4) is 5.75 Å². The van der Waals surface area contributed by atoms with Crippen LogP contribution in [0.5, 0.6) is 5.75 Å². The number of amides is 1. The number of ether oxygens (including phenoxy) is 1. The van der Waals surface area contributed by atoms with Gasteiger partial charge in [0, 0.05) is 25.7 Å². The molecule has 0 bridgehead atoms. The highest BCUT2D eigenvalue weighted by Gasteiger charge is 2.43. The Bertz CT molecular complexity index is 1430. The largest absolute Gasteiger partial charge is 0.493 e. The number of aromatic nitrogens is 5. The maximum atomic E-state index is 14.8. The lowest BCUT2D eigenvalue weighted by molar-refractivity contribution is -0.145. The summed E-state index contributed by atoms with van der Waals surface area (Å²) in [4.78, 5) is 28.5. The summed E-state index contributed by atoms with van der Waals surface area (Å²) in [6.07, 6.45) is 2.68. The molecule has 1 aliphatic carbocycles. The van der Waals surface area contributed by atoms with E-state index < -0.39 is 23.7 Å². The quantitative estimate of drug-likeness (QED) is 0.340. The number of nitrogens with zero attached hydrogens (tertiary/aromatic N) is 7. The van der Waals surface area contributed by atoms with E-state index in [9.17, 15) is 22.4 Å². The number of hydrogen-bond acceptors (Lipinski definition) is 7. The zero-order valence-corrected chi connectivity index (χ0v) is 23.5. The molecule has 1 saturated heterocycles. The average Bonchev–Trinajstić information content (AvgIpc) is 3.60. The first-order chi connectivity index (χ1) is 20.1. The number of rotatable bonds is 8. The first-order valence-electron chi connectivity index (χ1n) is 14.1. The van der Waals surface area contributed by atoms with Crippen LogP contribution in [0.2, 0.25) is 5.02 Å².